The number of hydrogen-bond donors (Lipinski definition) is 2. The van der Waals surface area contributed by atoms with Crippen LogP contribution in [0.25, 0.3) is 10.9 Å². The first kappa shape index (κ1) is 23.1. The summed E-state index contributed by atoms with van der Waals surface area (Å²) in [4.78, 5) is 16.1. The van der Waals surface area contributed by atoms with E-state index in [2.05, 4.69) is 20.5 Å². The van der Waals surface area contributed by atoms with Crippen LogP contribution in [-0.2, 0) is 7.05 Å². The lowest BCUT2D eigenvalue weighted by Crippen LogP contribution is -2.29. The maximum absolute atomic E-state index is 13.0. The average molecular weight is 488 g/mol. The fourth-order valence-corrected chi connectivity index (χ4v) is 4.42. The quantitative estimate of drug-likeness (QED) is 0.268. The lowest BCUT2D eigenvalue weighted by molar-refractivity contribution is 0.0933. The Hall–Kier alpha value is -3.04. The van der Waals surface area contributed by atoms with Gasteiger partial charge in [0.05, 0.1) is 12.6 Å². The molecule has 1 amide bonds. The van der Waals surface area contributed by atoms with Crippen LogP contribution in [0.3, 0.4) is 0 Å². The Morgan fingerprint density at radius 1 is 1.27 bits per heavy atom. The number of carbonyl (C=O) groups excluding carboxylic acids is 1. The van der Waals surface area contributed by atoms with E-state index in [9.17, 15) is 9.18 Å². The summed E-state index contributed by atoms with van der Waals surface area (Å²) in [6.07, 6.45) is 0. The SMILES string of the molecule is Cc1c(C(=O)NC(C)c2nnc(SCCOc3ccc(F)cc3)n2C)[nH]c2ccc(Cl)cc12. The van der Waals surface area contributed by atoms with Gasteiger partial charge >= 0.3 is 0 Å². The van der Waals surface area contributed by atoms with E-state index in [4.69, 9.17) is 16.3 Å². The Bertz CT molecular complexity index is 1290. The predicted octanol–water partition coefficient (Wildman–Crippen LogP) is 5.06. The van der Waals surface area contributed by atoms with Crippen molar-refractivity contribution in [3.05, 3.63) is 70.4 Å². The number of H-pyrrole nitrogens is 1. The average Bonchev–Trinajstić information content (AvgIpc) is 3.32. The third kappa shape index (κ3) is 5.15. The van der Waals surface area contributed by atoms with Gasteiger partial charge in [0.25, 0.3) is 5.91 Å². The molecule has 0 radical (unpaired) electrons. The standard InChI is InChI=1S/C23H23ClFN5O2S/c1-13-18-12-15(24)4-9-19(18)27-20(13)22(31)26-14(2)21-28-29-23(30(21)3)33-11-10-32-17-7-5-16(25)6-8-17/h4-9,12,14,27H,10-11H2,1-3H3,(H,26,31). The van der Waals surface area contributed by atoms with Crippen LogP contribution in [0, 0.1) is 12.7 Å². The molecule has 0 saturated heterocycles. The van der Waals surface area contributed by atoms with Gasteiger partial charge in [0.2, 0.25) is 0 Å². The summed E-state index contributed by atoms with van der Waals surface area (Å²) in [5.41, 5.74) is 2.19. The fourth-order valence-electron chi connectivity index (χ4n) is 3.51. The highest BCUT2D eigenvalue weighted by molar-refractivity contribution is 7.99. The van der Waals surface area contributed by atoms with Gasteiger partial charge in [-0.1, -0.05) is 23.4 Å². The monoisotopic (exact) mass is 487 g/mol. The highest BCUT2D eigenvalue weighted by atomic mass is 35.5. The molecule has 0 fully saturated rings. The molecule has 2 N–H and O–H groups in total. The van der Waals surface area contributed by atoms with E-state index in [0.717, 1.165) is 16.5 Å². The zero-order valence-corrected chi connectivity index (χ0v) is 19.9. The van der Waals surface area contributed by atoms with Crippen LogP contribution in [0.15, 0.2) is 47.6 Å². The van der Waals surface area contributed by atoms with Crippen molar-refractivity contribution in [3.63, 3.8) is 0 Å². The number of thioether (sulfide) groups is 1. The minimum absolute atomic E-state index is 0.225. The second-order valence-electron chi connectivity index (χ2n) is 7.56. The van der Waals surface area contributed by atoms with Gasteiger partial charge in [0, 0.05) is 28.7 Å². The van der Waals surface area contributed by atoms with Gasteiger partial charge in [-0.25, -0.2) is 4.39 Å². The van der Waals surface area contributed by atoms with Crippen LogP contribution in [0.4, 0.5) is 4.39 Å². The molecule has 0 saturated carbocycles. The first-order valence-electron chi connectivity index (χ1n) is 10.3. The van der Waals surface area contributed by atoms with E-state index in [-0.39, 0.29) is 17.8 Å². The molecule has 0 bridgehead atoms. The summed E-state index contributed by atoms with van der Waals surface area (Å²) in [7, 11) is 1.86. The number of rotatable bonds is 8. The lowest BCUT2D eigenvalue weighted by Gasteiger charge is -2.13. The maximum Gasteiger partial charge on any atom is 0.268 e. The molecule has 2 heterocycles. The Balaban J connectivity index is 1.36. The van der Waals surface area contributed by atoms with Crippen molar-refractivity contribution < 1.29 is 13.9 Å². The fraction of sp³-hybridized carbons (Fsp3) is 0.261. The van der Waals surface area contributed by atoms with Crippen molar-refractivity contribution >= 4 is 40.2 Å². The predicted molar refractivity (Wildman–Crippen MR) is 128 cm³/mol. The minimum atomic E-state index is -0.353. The number of aromatic amines is 1. The molecule has 0 spiro atoms. The van der Waals surface area contributed by atoms with Crippen molar-refractivity contribution in [2.45, 2.75) is 25.0 Å². The number of halogens is 2. The van der Waals surface area contributed by atoms with Crippen molar-refractivity contribution in [3.8, 4) is 5.75 Å². The lowest BCUT2D eigenvalue weighted by atomic mass is 10.1. The Morgan fingerprint density at radius 3 is 2.79 bits per heavy atom. The van der Waals surface area contributed by atoms with E-state index < -0.39 is 0 Å². The van der Waals surface area contributed by atoms with Crippen molar-refractivity contribution in [1.29, 1.82) is 0 Å². The van der Waals surface area contributed by atoms with Crippen molar-refractivity contribution in [2.24, 2.45) is 7.05 Å². The Labute approximate surface area is 199 Å². The smallest absolute Gasteiger partial charge is 0.268 e. The van der Waals surface area contributed by atoms with Crippen LogP contribution in [0.1, 0.15) is 34.8 Å². The number of hydrogen-bond acceptors (Lipinski definition) is 5. The van der Waals surface area contributed by atoms with Crippen LogP contribution < -0.4 is 10.1 Å². The molecule has 1 unspecified atom stereocenters. The summed E-state index contributed by atoms with van der Waals surface area (Å²) in [5.74, 6) is 1.37. The maximum atomic E-state index is 13.0. The van der Waals surface area contributed by atoms with Crippen LogP contribution >= 0.6 is 23.4 Å². The molecule has 0 aliphatic carbocycles. The molecule has 0 aliphatic rings. The number of amides is 1. The van der Waals surface area contributed by atoms with Crippen molar-refractivity contribution in [2.75, 3.05) is 12.4 Å². The highest BCUT2D eigenvalue weighted by Gasteiger charge is 2.21. The molecule has 4 aromatic rings. The van der Waals surface area contributed by atoms with E-state index in [0.29, 0.717) is 39.8 Å². The largest absolute Gasteiger partial charge is 0.493 e. The number of nitrogens with one attached hydrogen (secondary N) is 2. The summed E-state index contributed by atoms with van der Waals surface area (Å²) in [6, 6.07) is 11.0. The number of aromatic nitrogens is 4. The molecule has 1 atom stereocenters. The molecule has 33 heavy (non-hydrogen) atoms. The summed E-state index contributed by atoms with van der Waals surface area (Å²) in [5, 5.41) is 13.7. The zero-order chi connectivity index (χ0) is 23.5. The Kier molecular flexibility index (Phi) is 6.90. The van der Waals surface area contributed by atoms with Gasteiger partial charge in [-0.15, -0.1) is 10.2 Å². The number of benzene rings is 2. The summed E-state index contributed by atoms with van der Waals surface area (Å²) < 4.78 is 20.4. The van der Waals surface area contributed by atoms with Crippen molar-refractivity contribution in [1.82, 2.24) is 25.1 Å². The van der Waals surface area contributed by atoms with Gasteiger partial charge in [-0.3, -0.25) is 4.79 Å². The van der Waals surface area contributed by atoms with E-state index >= 15 is 0 Å². The molecular formula is C23H23ClFN5O2S. The van der Waals surface area contributed by atoms with Gasteiger partial charge in [0.1, 0.15) is 17.3 Å². The summed E-state index contributed by atoms with van der Waals surface area (Å²) in [6.45, 7) is 4.19. The third-order valence-electron chi connectivity index (χ3n) is 5.25. The van der Waals surface area contributed by atoms with Crippen LogP contribution in [-0.4, -0.2) is 38.0 Å². The summed E-state index contributed by atoms with van der Waals surface area (Å²) >= 11 is 7.58. The molecule has 172 valence electrons. The molecular weight excluding hydrogens is 465 g/mol. The number of carbonyl (C=O) groups is 1. The first-order chi connectivity index (χ1) is 15.8. The molecule has 7 nitrogen and oxygen atoms in total. The second kappa shape index (κ2) is 9.84. The number of aryl methyl sites for hydroxylation is 1. The van der Waals surface area contributed by atoms with Crippen LogP contribution in [0.5, 0.6) is 5.75 Å². The topological polar surface area (TPSA) is 84.8 Å². The minimum Gasteiger partial charge on any atom is -0.493 e. The highest BCUT2D eigenvalue weighted by Crippen LogP contribution is 2.26. The first-order valence-corrected chi connectivity index (χ1v) is 11.7. The normalized spacial score (nSPS) is 12.2. The van der Waals surface area contributed by atoms with Gasteiger partial charge in [-0.2, -0.15) is 0 Å². The molecule has 2 aromatic carbocycles. The van der Waals surface area contributed by atoms with E-state index in [1.54, 1.807) is 18.2 Å². The third-order valence-corrected chi connectivity index (χ3v) is 6.47. The second-order valence-corrected chi connectivity index (χ2v) is 9.06. The molecule has 4 rings (SSSR count). The van der Waals surface area contributed by atoms with Gasteiger partial charge < -0.3 is 19.6 Å². The number of fused-ring (bicyclic) bond motifs is 1. The number of ether oxygens (including phenoxy) is 1. The zero-order valence-electron chi connectivity index (χ0n) is 18.4. The Morgan fingerprint density at radius 2 is 2.03 bits per heavy atom. The molecule has 10 heteroatoms. The van der Waals surface area contributed by atoms with Gasteiger partial charge in [0.15, 0.2) is 11.0 Å². The van der Waals surface area contributed by atoms with E-state index in [1.807, 2.05) is 37.6 Å². The van der Waals surface area contributed by atoms with E-state index in [1.165, 1.54) is 23.9 Å². The van der Waals surface area contributed by atoms with Gasteiger partial charge in [-0.05, 0) is 61.9 Å². The number of nitrogens with zero attached hydrogens (tertiary/aromatic N) is 3. The van der Waals surface area contributed by atoms with Crippen LogP contribution in [0.2, 0.25) is 5.02 Å². The molecule has 0 aliphatic heterocycles. The molecule has 2 aromatic heterocycles.